The van der Waals surface area contributed by atoms with E-state index in [9.17, 15) is 0 Å². The number of guanidine groups is 1. The van der Waals surface area contributed by atoms with Crippen LogP contribution in [0.15, 0.2) is 22.5 Å². The van der Waals surface area contributed by atoms with E-state index in [0.29, 0.717) is 0 Å². The second kappa shape index (κ2) is 10.4. The molecule has 1 unspecified atom stereocenters. The lowest BCUT2D eigenvalue weighted by Gasteiger charge is -2.31. The summed E-state index contributed by atoms with van der Waals surface area (Å²) in [4.78, 5) is 10.5. The molecule has 0 saturated carbocycles. The van der Waals surface area contributed by atoms with Crippen LogP contribution in [0.5, 0.6) is 0 Å². The van der Waals surface area contributed by atoms with E-state index in [4.69, 9.17) is 0 Å². The molecular weight excluding hydrogens is 407 g/mol. The van der Waals surface area contributed by atoms with Gasteiger partial charge in [0.15, 0.2) is 5.96 Å². The molecule has 2 rings (SSSR count). The van der Waals surface area contributed by atoms with Gasteiger partial charge in [0.1, 0.15) is 0 Å². The highest BCUT2D eigenvalue weighted by Crippen LogP contribution is 2.14. The molecule has 126 valence electrons. The molecule has 0 bridgehead atoms. The number of hydrogen-bond donors (Lipinski definition) is 1. The van der Waals surface area contributed by atoms with Gasteiger partial charge in [-0.3, -0.25) is 4.99 Å². The van der Waals surface area contributed by atoms with Crippen molar-refractivity contribution in [3.05, 3.63) is 22.4 Å². The summed E-state index contributed by atoms with van der Waals surface area (Å²) < 4.78 is 0. The Kier molecular flexibility index (Phi) is 9.35. The first-order valence-corrected chi connectivity index (χ1v) is 8.69. The molecule has 1 aromatic rings. The smallest absolute Gasteiger partial charge is 0.193 e. The fourth-order valence-electron chi connectivity index (χ4n) is 2.90. The topological polar surface area (TPSA) is 30.9 Å². The number of piperidine rings is 1. The van der Waals surface area contributed by atoms with Gasteiger partial charge in [-0.25, -0.2) is 0 Å². The average molecular weight is 436 g/mol. The van der Waals surface area contributed by atoms with E-state index in [-0.39, 0.29) is 24.0 Å². The monoisotopic (exact) mass is 436 g/mol. The van der Waals surface area contributed by atoms with Crippen LogP contribution in [-0.2, 0) is 6.42 Å². The summed E-state index contributed by atoms with van der Waals surface area (Å²) in [5.74, 6) is 1.76. The van der Waals surface area contributed by atoms with Gasteiger partial charge in [-0.1, -0.05) is 6.07 Å². The molecule has 1 N–H and O–H groups in total. The minimum atomic E-state index is 0. The van der Waals surface area contributed by atoms with E-state index in [0.717, 1.165) is 31.4 Å². The predicted octanol–water partition coefficient (Wildman–Crippen LogP) is 2.76. The second-order valence-corrected chi connectivity index (χ2v) is 6.98. The zero-order chi connectivity index (χ0) is 15.1. The Labute approximate surface area is 156 Å². The number of hydrogen-bond acceptors (Lipinski definition) is 3. The molecule has 22 heavy (non-hydrogen) atoms. The molecule has 0 aromatic carbocycles. The van der Waals surface area contributed by atoms with Crippen molar-refractivity contribution in [3.8, 4) is 0 Å². The Hall–Kier alpha value is -0.340. The third kappa shape index (κ3) is 6.42. The third-order valence-electron chi connectivity index (χ3n) is 4.12. The maximum atomic E-state index is 4.41. The maximum absolute atomic E-state index is 4.41. The summed E-state index contributed by atoms with van der Waals surface area (Å²) in [6.45, 7) is 4.47. The Bertz CT molecular complexity index is 435. The Morgan fingerprint density at radius 3 is 3.00 bits per heavy atom. The van der Waals surface area contributed by atoms with Crippen molar-refractivity contribution >= 4 is 41.3 Å². The van der Waals surface area contributed by atoms with Crippen LogP contribution < -0.4 is 5.32 Å². The lowest BCUT2D eigenvalue weighted by Crippen LogP contribution is -2.44. The van der Waals surface area contributed by atoms with Gasteiger partial charge in [-0.2, -0.15) is 0 Å². The highest BCUT2D eigenvalue weighted by molar-refractivity contribution is 14.0. The van der Waals surface area contributed by atoms with Crippen molar-refractivity contribution in [2.24, 2.45) is 10.9 Å². The first-order valence-electron chi connectivity index (χ1n) is 7.81. The molecule has 0 radical (unpaired) electrons. The van der Waals surface area contributed by atoms with E-state index in [1.165, 1.54) is 30.8 Å². The molecule has 1 aliphatic heterocycles. The molecule has 1 fully saturated rings. The van der Waals surface area contributed by atoms with Crippen LogP contribution in [0.4, 0.5) is 0 Å². The standard InChI is InChI=1S/C16H28N4S.HI/c1-17-16(18-12-14-6-4-9-19(2)13-14)20(3)10-8-15-7-5-11-21-15;/h5,7,11,14H,4,6,8-10,12-13H2,1-3H3,(H,17,18);1H. The number of nitrogens with zero attached hydrogens (tertiary/aromatic N) is 3. The zero-order valence-corrected chi connectivity index (χ0v) is 17.1. The first kappa shape index (κ1) is 19.7. The summed E-state index contributed by atoms with van der Waals surface area (Å²) >= 11 is 1.83. The molecule has 0 aliphatic carbocycles. The highest BCUT2D eigenvalue weighted by Gasteiger charge is 2.17. The molecule has 0 spiro atoms. The minimum absolute atomic E-state index is 0. The van der Waals surface area contributed by atoms with Crippen molar-refractivity contribution in [2.75, 3.05) is 47.3 Å². The molecule has 1 saturated heterocycles. The number of likely N-dealkylation sites (tertiary alicyclic amines) is 1. The van der Waals surface area contributed by atoms with Crippen LogP contribution in [-0.4, -0.2) is 63.1 Å². The quantitative estimate of drug-likeness (QED) is 0.438. The van der Waals surface area contributed by atoms with Crippen molar-refractivity contribution < 1.29 is 0 Å². The summed E-state index contributed by atoms with van der Waals surface area (Å²) in [5.41, 5.74) is 0. The largest absolute Gasteiger partial charge is 0.356 e. The second-order valence-electron chi connectivity index (χ2n) is 5.95. The Morgan fingerprint density at radius 1 is 1.55 bits per heavy atom. The highest BCUT2D eigenvalue weighted by atomic mass is 127. The van der Waals surface area contributed by atoms with Gasteiger partial charge in [0, 0.05) is 38.6 Å². The van der Waals surface area contributed by atoms with Crippen LogP contribution in [0.1, 0.15) is 17.7 Å². The molecule has 1 aliphatic rings. The Balaban J connectivity index is 0.00000242. The van der Waals surface area contributed by atoms with Crippen molar-refractivity contribution in [2.45, 2.75) is 19.3 Å². The number of aliphatic imine (C=N–C) groups is 1. The van der Waals surface area contributed by atoms with Crippen LogP contribution in [0.25, 0.3) is 0 Å². The zero-order valence-electron chi connectivity index (χ0n) is 13.9. The summed E-state index contributed by atoms with van der Waals surface area (Å²) in [5, 5.41) is 5.68. The van der Waals surface area contributed by atoms with Gasteiger partial charge in [0.05, 0.1) is 0 Å². The molecule has 6 heteroatoms. The SMILES string of the molecule is CN=C(NCC1CCCN(C)C1)N(C)CCc1cccs1.I. The minimum Gasteiger partial charge on any atom is -0.356 e. The maximum Gasteiger partial charge on any atom is 0.193 e. The van der Waals surface area contributed by atoms with E-state index in [2.05, 4.69) is 51.7 Å². The predicted molar refractivity (Wildman–Crippen MR) is 108 cm³/mol. The molecule has 4 nitrogen and oxygen atoms in total. The number of rotatable bonds is 5. The molecule has 0 amide bonds. The normalized spacial score (nSPS) is 19.6. The van der Waals surface area contributed by atoms with Crippen LogP contribution in [0.3, 0.4) is 0 Å². The number of halogens is 1. The van der Waals surface area contributed by atoms with Gasteiger partial charge < -0.3 is 15.1 Å². The van der Waals surface area contributed by atoms with E-state index < -0.39 is 0 Å². The molecule has 2 heterocycles. The van der Waals surface area contributed by atoms with E-state index in [1.54, 1.807) is 0 Å². The number of nitrogens with one attached hydrogen (secondary N) is 1. The number of likely N-dealkylation sites (N-methyl/N-ethyl adjacent to an activating group) is 1. The molecular formula is C16H29IN4S. The third-order valence-corrected chi connectivity index (χ3v) is 5.05. The van der Waals surface area contributed by atoms with Gasteiger partial charge in [0.2, 0.25) is 0 Å². The van der Waals surface area contributed by atoms with Gasteiger partial charge >= 0.3 is 0 Å². The lowest BCUT2D eigenvalue weighted by atomic mass is 9.98. The van der Waals surface area contributed by atoms with Gasteiger partial charge in [0.25, 0.3) is 0 Å². The van der Waals surface area contributed by atoms with Crippen molar-refractivity contribution in [3.63, 3.8) is 0 Å². The van der Waals surface area contributed by atoms with E-state index >= 15 is 0 Å². The molecule has 1 atom stereocenters. The first-order chi connectivity index (χ1) is 10.2. The fraction of sp³-hybridized carbons (Fsp3) is 0.688. The van der Waals surface area contributed by atoms with Gasteiger partial charge in [-0.15, -0.1) is 35.3 Å². The summed E-state index contributed by atoms with van der Waals surface area (Å²) in [7, 11) is 6.21. The van der Waals surface area contributed by atoms with Gasteiger partial charge in [-0.05, 0) is 50.2 Å². The van der Waals surface area contributed by atoms with Crippen LogP contribution in [0, 0.1) is 5.92 Å². The Morgan fingerprint density at radius 2 is 2.36 bits per heavy atom. The summed E-state index contributed by atoms with van der Waals surface area (Å²) in [6.07, 6.45) is 3.73. The fourth-order valence-corrected chi connectivity index (χ4v) is 3.60. The van der Waals surface area contributed by atoms with Crippen LogP contribution >= 0.6 is 35.3 Å². The number of thiophene rings is 1. The van der Waals surface area contributed by atoms with Crippen molar-refractivity contribution in [1.29, 1.82) is 0 Å². The average Bonchev–Trinajstić information content (AvgIpc) is 2.99. The van der Waals surface area contributed by atoms with E-state index in [1.807, 2.05) is 18.4 Å². The lowest BCUT2D eigenvalue weighted by molar-refractivity contribution is 0.210. The molecule has 1 aromatic heterocycles. The van der Waals surface area contributed by atoms with Crippen LogP contribution in [0.2, 0.25) is 0 Å². The summed E-state index contributed by atoms with van der Waals surface area (Å²) in [6, 6.07) is 4.32. The van der Waals surface area contributed by atoms with Crippen molar-refractivity contribution in [1.82, 2.24) is 15.1 Å².